The van der Waals surface area contributed by atoms with E-state index in [4.69, 9.17) is 21.1 Å². The Morgan fingerprint density at radius 3 is 2.71 bits per heavy atom. The highest BCUT2D eigenvalue weighted by Gasteiger charge is 2.11. The summed E-state index contributed by atoms with van der Waals surface area (Å²) in [5.41, 5.74) is 0.918. The Bertz CT molecular complexity index is 751. The lowest BCUT2D eigenvalue weighted by molar-refractivity contribution is -0.124. The SMILES string of the molecule is COc1cccc(C(=O)OCC(=O)NCc2ccc(F)c(Cl)c2)c1. The first-order valence-corrected chi connectivity index (χ1v) is 7.39. The summed E-state index contributed by atoms with van der Waals surface area (Å²) >= 11 is 5.66. The molecule has 126 valence electrons. The maximum Gasteiger partial charge on any atom is 0.338 e. The normalized spacial score (nSPS) is 10.1. The van der Waals surface area contributed by atoms with E-state index in [1.807, 2.05) is 0 Å². The highest BCUT2D eigenvalue weighted by atomic mass is 35.5. The van der Waals surface area contributed by atoms with Crippen LogP contribution in [0.25, 0.3) is 0 Å². The average molecular weight is 352 g/mol. The fraction of sp³-hybridized carbons (Fsp3) is 0.176. The van der Waals surface area contributed by atoms with Crippen molar-refractivity contribution in [3.8, 4) is 5.75 Å². The molecule has 2 rings (SSSR count). The van der Waals surface area contributed by atoms with E-state index in [1.165, 1.54) is 31.4 Å². The standard InChI is InChI=1S/C17H15ClFNO4/c1-23-13-4-2-3-12(8-13)17(22)24-10-16(21)20-9-11-5-6-15(19)14(18)7-11/h2-8H,9-10H2,1H3,(H,20,21). The molecule has 5 nitrogen and oxygen atoms in total. The number of amides is 1. The van der Waals surface area contributed by atoms with E-state index in [2.05, 4.69) is 5.32 Å². The number of hydrogen-bond acceptors (Lipinski definition) is 4. The molecule has 0 saturated carbocycles. The number of benzene rings is 2. The van der Waals surface area contributed by atoms with Crippen LogP contribution in [-0.2, 0) is 16.1 Å². The second-order valence-corrected chi connectivity index (χ2v) is 5.24. The van der Waals surface area contributed by atoms with Crippen molar-refractivity contribution < 1.29 is 23.5 Å². The van der Waals surface area contributed by atoms with Crippen LogP contribution in [0.2, 0.25) is 5.02 Å². The van der Waals surface area contributed by atoms with Crippen molar-refractivity contribution in [2.45, 2.75) is 6.54 Å². The Morgan fingerprint density at radius 1 is 1.21 bits per heavy atom. The fourth-order valence-corrected chi connectivity index (χ4v) is 2.07. The van der Waals surface area contributed by atoms with Gasteiger partial charge in [-0.15, -0.1) is 0 Å². The molecular formula is C17H15ClFNO4. The van der Waals surface area contributed by atoms with Crippen LogP contribution >= 0.6 is 11.6 Å². The zero-order valence-electron chi connectivity index (χ0n) is 12.8. The fourth-order valence-electron chi connectivity index (χ4n) is 1.87. The monoisotopic (exact) mass is 351 g/mol. The summed E-state index contributed by atoms with van der Waals surface area (Å²) in [6.45, 7) is -0.277. The Labute approximate surface area is 143 Å². The Balaban J connectivity index is 1.82. The Hall–Kier alpha value is -2.60. The maximum absolute atomic E-state index is 13.0. The summed E-state index contributed by atoms with van der Waals surface area (Å²) in [7, 11) is 1.49. The van der Waals surface area contributed by atoms with E-state index in [0.29, 0.717) is 11.3 Å². The summed E-state index contributed by atoms with van der Waals surface area (Å²) in [5.74, 6) is -1.12. The molecule has 0 radical (unpaired) electrons. The molecule has 2 aromatic rings. The molecule has 0 heterocycles. The molecule has 0 aliphatic rings. The largest absolute Gasteiger partial charge is 0.497 e. The van der Waals surface area contributed by atoms with Gasteiger partial charge in [0.25, 0.3) is 5.91 Å². The van der Waals surface area contributed by atoms with Crippen LogP contribution in [0.15, 0.2) is 42.5 Å². The van der Waals surface area contributed by atoms with Crippen molar-refractivity contribution in [1.29, 1.82) is 0 Å². The quantitative estimate of drug-likeness (QED) is 0.813. The lowest BCUT2D eigenvalue weighted by atomic mass is 10.2. The van der Waals surface area contributed by atoms with E-state index in [0.717, 1.165) is 0 Å². The van der Waals surface area contributed by atoms with Gasteiger partial charge in [-0.2, -0.15) is 0 Å². The van der Waals surface area contributed by atoms with E-state index < -0.39 is 24.3 Å². The molecule has 0 saturated heterocycles. The minimum Gasteiger partial charge on any atom is -0.497 e. The van der Waals surface area contributed by atoms with Crippen molar-refractivity contribution in [1.82, 2.24) is 5.32 Å². The third kappa shape index (κ3) is 4.96. The molecule has 0 spiro atoms. The molecule has 0 fully saturated rings. The Kier molecular flexibility index (Phi) is 6.14. The number of rotatable bonds is 6. The Morgan fingerprint density at radius 2 is 2.00 bits per heavy atom. The topological polar surface area (TPSA) is 64.6 Å². The van der Waals surface area contributed by atoms with Gasteiger partial charge in [0, 0.05) is 6.54 Å². The van der Waals surface area contributed by atoms with Gasteiger partial charge in [-0.1, -0.05) is 23.7 Å². The van der Waals surface area contributed by atoms with Gasteiger partial charge in [0.15, 0.2) is 6.61 Å². The molecule has 24 heavy (non-hydrogen) atoms. The van der Waals surface area contributed by atoms with Gasteiger partial charge in [0.2, 0.25) is 0 Å². The highest BCUT2D eigenvalue weighted by molar-refractivity contribution is 6.30. The maximum atomic E-state index is 13.0. The van der Waals surface area contributed by atoms with E-state index >= 15 is 0 Å². The third-order valence-electron chi connectivity index (χ3n) is 3.11. The second kappa shape index (κ2) is 8.31. The highest BCUT2D eigenvalue weighted by Crippen LogP contribution is 2.16. The van der Waals surface area contributed by atoms with Crippen LogP contribution in [0.5, 0.6) is 5.75 Å². The molecule has 2 aromatic carbocycles. The van der Waals surface area contributed by atoms with Crippen LogP contribution in [-0.4, -0.2) is 25.6 Å². The smallest absolute Gasteiger partial charge is 0.338 e. The first-order chi connectivity index (χ1) is 11.5. The first kappa shape index (κ1) is 17.7. The number of carbonyl (C=O) groups is 2. The summed E-state index contributed by atoms with van der Waals surface area (Å²) in [6, 6.07) is 10.5. The number of nitrogens with one attached hydrogen (secondary N) is 1. The van der Waals surface area contributed by atoms with Crippen LogP contribution in [0.3, 0.4) is 0 Å². The summed E-state index contributed by atoms with van der Waals surface area (Å²) in [5, 5.41) is 2.53. The van der Waals surface area contributed by atoms with Gasteiger partial charge in [-0.05, 0) is 35.9 Å². The van der Waals surface area contributed by atoms with E-state index in [-0.39, 0.29) is 17.1 Å². The van der Waals surface area contributed by atoms with Gasteiger partial charge in [0.05, 0.1) is 17.7 Å². The van der Waals surface area contributed by atoms with Gasteiger partial charge in [-0.3, -0.25) is 4.79 Å². The molecule has 0 aliphatic heterocycles. The predicted octanol–water partition coefficient (Wildman–Crippen LogP) is 2.96. The molecule has 1 N–H and O–H groups in total. The molecule has 0 bridgehead atoms. The van der Waals surface area contributed by atoms with E-state index in [1.54, 1.807) is 18.2 Å². The lowest BCUT2D eigenvalue weighted by Gasteiger charge is -2.08. The first-order valence-electron chi connectivity index (χ1n) is 7.01. The van der Waals surface area contributed by atoms with Crippen molar-refractivity contribution in [3.05, 3.63) is 64.4 Å². The number of methoxy groups -OCH3 is 1. The average Bonchev–Trinajstić information content (AvgIpc) is 2.60. The molecule has 1 amide bonds. The van der Waals surface area contributed by atoms with E-state index in [9.17, 15) is 14.0 Å². The molecule has 0 atom stereocenters. The zero-order chi connectivity index (χ0) is 17.5. The third-order valence-corrected chi connectivity index (χ3v) is 3.40. The van der Waals surface area contributed by atoms with Crippen LogP contribution < -0.4 is 10.1 Å². The second-order valence-electron chi connectivity index (χ2n) is 4.83. The van der Waals surface area contributed by atoms with Gasteiger partial charge in [-0.25, -0.2) is 9.18 Å². The summed E-state index contributed by atoms with van der Waals surface area (Å²) in [6.07, 6.45) is 0. The van der Waals surface area contributed by atoms with Crippen molar-refractivity contribution in [2.75, 3.05) is 13.7 Å². The predicted molar refractivity (Wildman–Crippen MR) is 86.5 cm³/mol. The van der Waals surface area contributed by atoms with Crippen LogP contribution in [0.1, 0.15) is 15.9 Å². The molecule has 0 aromatic heterocycles. The van der Waals surface area contributed by atoms with Crippen molar-refractivity contribution in [3.63, 3.8) is 0 Å². The molecule has 0 unspecified atom stereocenters. The number of halogens is 2. The minimum absolute atomic E-state index is 0.0220. The lowest BCUT2D eigenvalue weighted by Crippen LogP contribution is -2.28. The van der Waals surface area contributed by atoms with Crippen LogP contribution in [0.4, 0.5) is 4.39 Å². The summed E-state index contributed by atoms with van der Waals surface area (Å²) in [4.78, 5) is 23.6. The van der Waals surface area contributed by atoms with Gasteiger partial charge in [0.1, 0.15) is 11.6 Å². The van der Waals surface area contributed by atoms with Crippen molar-refractivity contribution >= 4 is 23.5 Å². The number of ether oxygens (including phenoxy) is 2. The van der Waals surface area contributed by atoms with Crippen LogP contribution in [0, 0.1) is 5.82 Å². The summed E-state index contributed by atoms with van der Waals surface area (Å²) < 4.78 is 23.0. The number of hydrogen-bond donors (Lipinski definition) is 1. The number of carbonyl (C=O) groups excluding carboxylic acids is 2. The van der Waals surface area contributed by atoms with Gasteiger partial charge >= 0.3 is 5.97 Å². The van der Waals surface area contributed by atoms with Crippen molar-refractivity contribution in [2.24, 2.45) is 0 Å². The molecular weight excluding hydrogens is 337 g/mol. The number of esters is 1. The minimum atomic E-state index is -0.631. The zero-order valence-corrected chi connectivity index (χ0v) is 13.6. The molecule has 7 heteroatoms. The molecule has 0 aliphatic carbocycles. The van der Waals surface area contributed by atoms with Gasteiger partial charge < -0.3 is 14.8 Å².